The van der Waals surface area contributed by atoms with Crippen molar-refractivity contribution in [3.8, 4) is 34.6 Å². The van der Waals surface area contributed by atoms with Crippen molar-refractivity contribution in [3.05, 3.63) is 102 Å². The largest absolute Gasteiger partial charge is 0.453 e. The molecular formula is C23H16ClNO3. The molecule has 138 valence electrons. The molecule has 0 unspecified atom stereocenters. The number of benzene rings is 3. The number of hydrogen-bond acceptors (Lipinski definition) is 4. The molecule has 0 spiro atoms. The summed E-state index contributed by atoms with van der Waals surface area (Å²) in [7, 11) is 0. The first-order chi connectivity index (χ1) is 13.8. The summed E-state index contributed by atoms with van der Waals surface area (Å²) in [5.74, 6) is 2.88. The monoisotopic (exact) mass is 389 g/mol. The van der Waals surface area contributed by atoms with Gasteiger partial charge in [0.2, 0.25) is 5.75 Å². The van der Waals surface area contributed by atoms with E-state index < -0.39 is 0 Å². The van der Waals surface area contributed by atoms with E-state index in [2.05, 4.69) is 4.98 Å². The van der Waals surface area contributed by atoms with Crippen molar-refractivity contribution in [3.63, 3.8) is 0 Å². The number of nitrogens with zero attached hydrogens (tertiary/aromatic N) is 1. The fourth-order valence-corrected chi connectivity index (χ4v) is 2.69. The summed E-state index contributed by atoms with van der Waals surface area (Å²) in [4.78, 5) is 4.33. The van der Waals surface area contributed by atoms with Crippen LogP contribution in [0.4, 0.5) is 0 Å². The van der Waals surface area contributed by atoms with E-state index in [-0.39, 0.29) is 5.88 Å². The highest BCUT2D eigenvalue weighted by Gasteiger charge is 2.18. The third kappa shape index (κ3) is 4.24. The highest BCUT2D eigenvalue weighted by molar-refractivity contribution is 6.32. The van der Waals surface area contributed by atoms with Crippen molar-refractivity contribution in [1.29, 1.82) is 0 Å². The van der Waals surface area contributed by atoms with E-state index in [4.69, 9.17) is 25.8 Å². The molecule has 28 heavy (non-hydrogen) atoms. The van der Waals surface area contributed by atoms with Crippen LogP contribution in [0.1, 0.15) is 0 Å². The molecule has 0 aliphatic heterocycles. The highest BCUT2D eigenvalue weighted by Crippen LogP contribution is 2.43. The molecule has 0 bridgehead atoms. The van der Waals surface area contributed by atoms with Crippen LogP contribution in [-0.4, -0.2) is 4.98 Å². The van der Waals surface area contributed by atoms with Crippen molar-refractivity contribution in [1.82, 2.24) is 4.98 Å². The van der Waals surface area contributed by atoms with Gasteiger partial charge in [0.1, 0.15) is 17.2 Å². The standard InChI is InChI=1S/C23H16ClNO3/c24-19-13-7-8-14-20(19)28-23-22(27-18-11-5-2-6-12-18)21(15-16-25-23)26-17-9-3-1-4-10-17/h1-16H. The molecule has 0 fully saturated rings. The molecular weight excluding hydrogens is 374 g/mol. The van der Waals surface area contributed by atoms with Gasteiger partial charge < -0.3 is 14.2 Å². The highest BCUT2D eigenvalue weighted by atomic mass is 35.5. The average molecular weight is 390 g/mol. The summed E-state index contributed by atoms with van der Waals surface area (Å²) in [6, 6.07) is 27.7. The van der Waals surface area contributed by atoms with Gasteiger partial charge in [-0.2, -0.15) is 0 Å². The van der Waals surface area contributed by atoms with Gasteiger partial charge in [0.15, 0.2) is 5.75 Å². The zero-order valence-corrected chi connectivity index (χ0v) is 15.5. The third-order valence-electron chi connectivity index (χ3n) is 3.81. The molecule has 1 heterocycles. The molecule has 0 N–H and O–H groups in total. The first kappa shape index (κ1) is 17.9. The molecule has 4 aromatic rings. The van der Waals surface area contributed by atoms with Crippen LogP contribution in [0.3, 0.4) is 0 Å². The van der Waals surface area contributed by atoms with Crippen molar-refractivity contribution in [2.24, 2.45) is 0 Å². The lowest BCUT2D eigenvalue weighted by Gasteiger charge is -2.16. The molecule has 4 rings (SSSR count). The second kappa shape index (κ2) is 8.46. The van der Waals surface area contributed by atoms with Crippen LogP contribution in [0.2, 0.25) is 5.02 Å². The van der Waals surface area contributed by atoms with Crippen LogP contribution in [0.15, 0.2) is 97.2 Å². The Bertz CT molecular complexity index is 1060. The Morgan fingerprint density at radius 1 is 0.571 bits per heavy atom. The zero-order valence-electron chi connectivity index (χ0n) is 14.8. The topological polar surface area (TPSA) is 40.6 Å². The second-order valence-corrected chi connectivity index (χ2v) is 6.21. The number of pyridine rings is 1. The maximum absolute atomic E-state index is 6.23. The number of hydrogen-bond donors (Lipinski definition) is 0. The van der Waals surface area contributed by atoms with Gasteiger partial charge in [-0.3, -0.25) is 0 Å². The minimum Gasteiger partial charge on any atom is -0.453 e. The lowest BCUT2D eigenvalue weighted by atomic mass is 10.3. The van der Waals surface area contributed by atoms with Crippen LogP contribution in [0.25, 0.3) is 0 Å². The number of para-hydroxylation sites is 3. The molecule has 5 heteroatoms. The molecule has 0 atom stereocenters. The van der Waals surface area contributed by atoms with Crippen LogP contribution in [0.5, 0.6) is 34.6 Å². The molecule has 4 nitrogen and oxygen atoms in total. The number of rotatable bonds is 6. The van der Waals surface area contributed by atoms with Gasteiger partial charge in [-0.05, 0) is 36.4 Å². The van der Waals surface area contributed by atoms with E-state index in [1.807, 2.05) is 72.8 Å². The summed E-state index contributed by atoms with van der Waals surface area (Å²) < 4.78 is 18.0. The minimum absolute atomic E-state index is 0.255. The Balaban J connectivity index is 1.74. The van der Waals surface area contributed by atoms with Gasteiger partial charge in [0.05, 0.1) is 5.02 Å². The average Bonchev–Trinajstić information content (AvgIpc) is 2.73. The maximum atomic E-state index is 6.23. The maximum Gasteiger partial charge on any atom is 0.267 e. The minimum atomic E-state index is 0.255. The number of ether oxygens (including phenoxy) is 3. The van der Waals surface area contributed by atoms with Gasteiger partial charge >= 0.3 is 0 Å². The van der Waals surface area contributed by atoms with Gasteiger partial charge in [0.25, 0.3) is 5.88 Å². The van der Waals surface area contributed by atoms with Gasteiger partial charge in [0, 0.05) is 12.3 Å². The van der Waals surface area contributed by atoms with E-state index >= 15 is 0 Å². The predicted molar refractivity (Wildman–Crippen MR) is 109 cm³/mol. The third-order valence-corrected chi connectivity index (χ3v) is 4.13. The molecule has 0 saturated heterocycles. The van der Waals surface area contributed by atoms with Crippen molar-refractivity contribution in [2.45, 2.75) is 0 Å². The number of halogens is 1. The van der Waals surface area contributed by atoms with Crippen LogP contribution < -0.4 is 14.2 Å². The summed E-state index contributed by atoms with van der Waals surface area (Å²) in [6.07, 6.45) is 1.60. The first-order valence-corrected chi connectivity index (χ1v) is 9.04. The Labute approximate surface area is 167 Å². The van der Waals surface area contributed by atoms with Gasteiger partial charge in [-0.1, -0.05) is 60.1 Å². The lowest BCUT2D eigenvalue weighted by Crippen LogP contribution is -1.96. The zero-order chi connectivity index (χ0) is 19.2. The Morgan fingerprint density at radius 2 is 1.18 bits per heavy atom. The molecule has 0 aliphatic rings. The quantitative estimate of drug-likeness (QED) is 0.352. The summed E-state index contributed by atoms with van der Waals surface area (Å²) in [5, 5.41) is 0.476. The van der Waals surface area contributed by atoms with Gasteiger partial charge in [-0.25, -0.2) is 4.98 Å². The first-order valence-electron chi connectivity index (χ1n) is 8.67. The summed E-state index contributed by atoms with van der Waals surface area (Å²) >= 11 is 6.23. The molecule has 3 aromatic carbocycles. The Kier molecular flexibility index (Phi) is 5.41. The Morgan fingerprint density at radius 3 is 1.86 bits per heavy atom. The van der Waals surface area contributed by atoms with Crippen LogP contribution >= 0.6 is 11.6 Å². The van der Waals surface area contributed by atoms with Crippen LogP contribution in [-0.2, 0) is 0 Å². The molecule has 0 radical (unpaired) electrons. The molecule has 1 aromatic heterocycles. The van der Waals surface area contributed by atoms with E-state index in [1.165, 1.54) is 0 Å². The van der Waals surface area contributed by atoms with Crippen molar-refractivity contribution < 1.29 is 14.2 Å². The van der Waals surface area contributed by atoms with Crippen molar-refractivity contribution >= 4 is 11.6 Å². The SMILES string of the molecule is Clc1ccccc1Oc1nccc(Oc2ccccc2)c1Oc1ccccc1. The van der Waals surface area contributed by atoms with E-state index in [1.54, 1.807) is 24.4 Å². The lowest BCUT2D eigenvalue weighted by molar-refractivity contribution is 0.376. The fourth-order valence-electron chi connectivity index (χ4n) is 2.51. The molecule has 0 aliphatic carbocycles. The predicted octanol–water partition coefficient (Wildman–Crippen LogP) is 7.11. The second-order valence-electron chi connectivity index (χ2n) is 5.81. The van der Waals surface area contributed by atoms with E-state index in [0.29, 0.717) is 33.8 Å². The van der Waals surface area contributed by atoms with Crippen LogP contribution in [0, 0.1) is 0 Å². The normalized spacial score (nSPS) is 10.3. The fraction of sp³-hybridized carbons (Fsp3) is 0. The van der Waals surface area contributed by atoms with E-state index in [9.17, 15) is 0 Å². The smallest absolute Gasteiger partial charge is 0.267 e. The number of aromatic nitrogens is 1. The van der Waals surface area contributed by atoms with Crippen molar-refractivity contribution in [2.75, 3.05) is 0 Å². The van der Waals surface area contributed by atoms with E-state index in [0.717, 1.165) is 0 Å². The van der Waals surface area contributed by atoms with Gasteiger partial charge in [-0.15, -0.1) is 0 Å². The Hall–Kier alpha value is -3.50. The summed E-state index contributed by atoms with van der Waals surface area (Å²) in [6.45, 7) is 0. The molecule has 0 saturated carbocycles. The summed E-state index contributed by atoms with van der Waals surface area (Å²) in [5.41, 5.74) is 0. The molecule has 0 amide bonds.